The van der Waals surface area contributed by atoms with Crippen molar-refractivity contribution in [2.75, 3.05) is 18.6 Å². The molecule has 26 heavy (non-hydrogen) atoms. The molecular formula is C17H24N4O3S2. The van der Waals surface area contributed by atoms with Gasteiger partial charge in [0.1, 0.15) is 5.76 Å². The number of hydrogen-bond donors (Lipinski definition) is 1. The summed E-state index contributed by atoms with van der Waals surface area (Å²) in [6.45, 7) is 7.79. The Hall–Kier alpha value is -1.74. The first kappa shape index (κ1) is 19.0. The van der Waals surface area contributed by atoms with E-state index >= 15 is 0 Å². The fourth-order valence-electron chi connectivity index (χ4n) is 2.46. The number of piperidine rings is 1. The third-order valence-electron chi connectivity index (χ3n) is 3.96. The van der Waals surface area contributed by atoms with Crippen LogP contribution in [0.15, 0.2) is 21.0 Å². The van der Waals surface area contributed by atoms with Gasteiger partial charge in [0.15, 0.2) is 0 Å². The normalized spacial score (nSPS) is 15.1. The summed E-state index contributed by atoms with van der Waals surface area (Å²) >= 11 is 3.02. The van der Waals surface area contributed by atoms with Crippen molar-refractivity contribution in [1.29, 1.82) is 0 Å². The van der Waals surface area contributed by atoms with Gasteiger partial charge in [0.2, 0.25) is 11.0 Å². The molecule has 3 rings (SSSR count). The minimum absolute atomic E-state index is 0.0459. The lowest BCUT2D eigenvalue weighted by Crippen LogP contribution is -2.36. The zero-order valence-corrected chi connectivity index (χ0v) is 16.9. The highest BCUT2D eigenvalue weighted by Crippen LogP contribution is 2.31. The molecule has 9 heteroatoms. The molecule has 0 bridgehead atoms. The van der Waals surface area contributed by atoms with Crippen molar-refractivity contribution in [1.82, 2.24) is 14.9 Å². The first-order valence-corrected chi connectivity index (χ1v) is 10.5. The maximum absolute atomic E-state index is 12.0. The van der Waals surface area contributed by atoms with Gasteiger partial charge in [-0.1, -0.05) is 32.1 Å². The van der Waals surface area contributed by atoms with Crippen molar-refractivity contribution in [2.45, 2.75) is 55.4 Å². The van der Waals surface area contributed by atoms with E-state index in [4.69, 9.17) is 9.25 Å². The molecule has 1 amide bonds. The van der Waals surface area contributed by atoms with E-state index < -0.39 is 0 Å². The minimum atomic E-state index is -0.344. The number of thioether (sulfide) groups is 1. The smallest absolute Gasteiger partial charge is 0.434 e. The second-order valence-electron chi connectivity index (χ2n) is 7.16. The third-order valence-corrected chi connectivity index (χ3v) is 6.03. The maximum atomic E-state index is 12.0. The lowest BCUT2D eigenvalue weighted by molar-refractivity contribution is 0.114. The fraction of sp³-hybridized carbons (Fsp3) is 0.588. The largest absolute Gasteiger partial charge is 0.444 e. The SMILES string of the molecule is CC(C)(C)c1cnc(CSc2cnc(NOC(=O)N3CCCCC3)s2)o1. The van der Waals surface area contributed by atoms with Crippen molar-refractivity contribution in [3.63, 3.8) is 0 Å². The van der Waals surface area contributed by atoms with E-state index in [0.717, 1.165) is 35.9 Å². The Kier molecular flexibility index (Phi) is 6.08. The molecule has 1 aliphatic heterocycles. The Balaban J connectivity index is 1.45. The van der Waals surface area contributed by atoms with Gasteiger partial charge in [-0.25, -0.2) is 14.8 Å². The van der Waals surface area contributed by atoms with Crippen LogP contribution < -0.4 is 5.48 Å². The summed E-state index contributed by atoms with van der Waals surface area (Å²) in [4.78, 5) is 27.4. The number of hydrogen-bond acceptors (Lipinski definition) is 8. The van der Waals surface area contributed by atoms with E-state index in [9.17, 15) is 4.79 Å². The summed E-state index contributed by atoms with van der Waals surface area (Å²) in [5, 5.41) is 0.556. The summed E-state index contributed by atoms with van der Waals surface area (Å²) in [7, 11) is 0. The number of likely N-dealkylation sites (tertiary alicyclic amines) is 1. The quantitative estimate of drug-likeness (QED) is 0.581. The van der Waals surface area contributed by atoms with Crippen molar-refractivity contribution >= 4 is 34.3 Å². The molecule has 142 valence electrons. The van der Waals surface area contributed by atoms with Crippen LogP contribution in [0, 0.1) is 0 Å². The number of aromatic nitrogens is 2. The molecule has 0 aliphatic carbocycles. The summed E-state index contributed by atoms with van der Waals surface area (Å²) in [6, 6.07) is 0. The first-order chi connectivity index (χ1) is 12.4. The number of nitrogens with zero attached hydrogens (tertiary/aromatic N) is 3. The van der Waals surface area contributed by atoms with Gasteiger partial charge >= 0.3 is 6.09 Å². The predicted molar refractivity (Wildman–Crippen MR) is 102 cm³/mol. The second-order valence-corrected chi connectivity index (χ2v) is 9.47. The zero-order chi connectivity index (χ0) is 18.6. The molecule has 0 atom stereocenters. The van der Waals surface area contributed by atoms with E-state index in [1.165, 1.54) is 17.8 Å². The average Bonchev–Trinajstić information content (AvgIpc) is 3.27. The molecule has 1 N–H and O–H groups in total. The number of anilines is 1. The molecule has 1 fully saturated rings. The summed E-state index contributed by atoms with van der Waals surface area (Å²) in [5.41, 5.74) is 2.60. The topological polar surface area (TPSA) is 80.5 Å². The van der Waals surface area contributed by atoms with Gasteiger partial charge in [0, 0.05) is 18.5 Å². The van der Waals surface area contributed by atoms with Crippen LogP contribution in [0.5, 0.6) is 0 Å². The molecule has 0 aromatic carbocycles. The fourth-order valence-corrected chi connectivity index (χ4v) is 4.12. The summed E-state index contributed by atoms with van der Waals surface area (Å²) in [6.07, 6.45) is 6.43. The maximum Gasteiger partial charge on any atom is 0.434 e. The molecule has 2 aromatic rings. The number of thiazole rings is 1. The van der Waals surface area contributed by atoms with Crippen LogP contribution in [0.25, 0.3) is 0 Å². The molecule has 2 aromatic heterocycles. The van der Waals surface area contributed by atoms with E-state index in [1.54, 1.807) is 29.1 Å². The first-order valence-electron chi connectivity index (χ1n) is 8.67. The van der Waals surface area contributed by atoms with Gasteiger partial charge in [-0.15, -0.1) is 11.8 Å². The number of rotatable bonds is 5. The molecule has 1 aliphatic rings. The Morgan fingerprint density at radius 1 is 1.31 bits per heavy atom. The molecule has 0 radical (unpaired) electrons. The lowest BCUT2D eigenvalue weighted by Gasteiger charge is -2.25. The van der Waals surface area contributed by atoms with Crippen LogP contribution in [0.1, 0.15) is 51.7 Å². The van der Waals surface area contributed by atoms with E-state index in [0.29, 0.717) is 16.8 Å². The van der Waals surface area contributed by atoms with Crippen LogP contribution in [-0.2, 0) is 16.0 Å². The number of carbonyl (C=O) groups is 1. The van der Waals surface area contributed by atoms with E-state index in [1.807, 2.05) is 0 Å². The van der Waals surface area contributed by atoms with Gasteiger partial charge in [0.05, 0.1) is 22.4 Å². The van der Waals surface area contributed by atoms with Gasteiger partial charge in [-0.2, -0.15) is 5.48 Å². The van der Waals surface area contributed by atoms with Crippen LogP contribution in [0.3, 0.4) is 0 Å². The Morgan fingerprint density at radius 3 is 2.77 bits per heavy atom. The molecule has 7 nitrogen and oxygen atoms in total. The number of amides is 1. The lowest BCUT2D eigenvalue weighted by atomic mass is 9.94. The highest BCUT2D eigenvalue weighted by atomic mass is 32.2. The van der Waals surface area contributed by atoms with Crippen molar-refractivity contribution in [2.24, 2.45) is 0 Å². The molecule has 0 spiro atoms. The number of carbonyl (C=O) groups excluding carboxylic acids is 1. The van der Waals surface area contributed by atoms with Crippen LogP contribution >= 0.6 is 23.1 Å². The van der Waals surface area contributed by atoms with Crippen molar-refractivity contribution < 1.29 is 14.0 Å². The Bertz CT molecular complexity index is 732. The van der Waals surface area contributed by atoms with Gasteiger partial charge in [-0.3, -0.25) is 0 Å². The monoisotopic (exact) mass is 396 g/mol. The average molecular weight is 397 g/mol. The number of oxazole rings is 1. The summed E-state index contributed by atoms with van der Waals surface area (Å²) in [5.74, 6) is 2.20. The third kappa shape index (κ3) is 5.14. The predicted octanol–water partition coefficient (Wildman–Crippen LogP) is 4.67. The Labute approximate surface area is 161 Å². The van der Waals surface area contributed by atoms with Crippen LogP contribution in [0.4, 0.5) is 9.93 Å². The number of nitrogens with one attached hydrogen (secondary N) is 1. The highest BCUT2D eigenvalue weighted by Gasteiger charge is 2.20. The summed E-state index contributed by atoms with van der Waals surface area (Å²) < 4.78 is 6.78. The molecule has 1 saturated heterocycles. The van der Waals surface area contributed by atoms with Crippen LogP contribution in [0.2, 0.25) is 0 Å². The minimum Gasteiger partial charge on any atom is -0.444 e. The van der Waals surface area contributed by atoms with Gasteiger partial charge < -0.3 is 14.2 Å². The van der Waals surface area contributed by atoms with Crippen LogP contribution in [-0.4, -0.2) is 34.1 Å². The zero-order valence-electron chi connectivity index (χ0n) is 15.3. The van der Waals surface area contributed by atoms with E-state index in [2.05, 4.69) is 36.2 Å². The van der Waals surface area contributed by atoms with Gasteiger partial charge in [0.25, 0.3) is 0 Å². The second kappa shape index (κ2) is 8.30. The molecular weight excluding hydrogens is 372 g/mol. The van der Waals surface area contributed by atoms with Gasteiger partial charge in [-0.05, 0) is 19.3 Å². The van der Waals surface area contributed by atoms with E-state index in [-0.39, 0.29) is 11.5 Å². The highest BCUT2D eigenvalue weighted by molar-refractivity contribution is 8.00. The standard InChI is InChI=1S/C17H24N4O3S2/c1-17(2,3)12-9-18-13(23-12)11-25-14-10-19-15(26-14)20-24-16(22)21-7-5-4-6-8-21/h9-10H,4-8,11H2,1-3H3,(H,19,20). The Morgan fingerprint density at radius 2 is 2.08 bits per heavy atom. The molecule has 0 saturated carbocycles. The molecule has 0 unspecified atom stereocenters. The molecule has 3 heterocycles. The van der Waals surface area contributed by atoms with Crippen molar-refractivity contribution in [3.05, 3.63) is 24.0 Å². The van der Waals surface area contributed by atoms with Crippen molar-refractivity contribution in [3.8, 4) is 0 Å².